The van der Waals surface area contributed by atoms with E-state index in [-0.39, 0.29) is 10.7 Å². The number of fused-ring (bicyclic) bond motifs is 1. The standard InChI is InChI=1S/C22H23N3O3S/c1-17(26)19-6-3-9-21(15-19)29(27,28)25-13-11-24(12-14-25)16-20-7-2-5-18-8-4-10-23-22(18)20/h2-10,15H,11-14,16H2,1H3. The molecule has 0 unspecified atom stereocenters. The number of benzene rings is 2. The molecule has 1 fully saturated rings. The van der Waals surface area contributed by atoms with E-state index in [2.05, 4.69) is 16.0 Å². The Morgan fingerprint density at radius 3 is 2.48 bits per heavy atom. The summed E-state index contributed by atoms with van der Waals surface area (Å²) in [6, 6.07) is 16.4. The van der Waals surface area contributed by atoms with Gasteiger partial charge in [-0.2, -0.15) is 4.31 Å². The molecule has 6 nitrogen and oxygen atoms in total. The van der Waals surface area contributed by atoms with Crippen LogP contribution >= 0.6 is 0 Å². The van der Waals surface area contributed by atoms with Crippen molar-refractivity contribution in [3.63, 3.8) is 0 Å². The summed E-state index contributed by atoms with van der Waals surface area (Å²) in [4.78, 5) is 18.5. The van der Waals surface area contributed by atoms with E-state index in [1.807, 2.05) is 24.3 Å². The fourth-order valence-electron chi connectivity index (χ4n) is 3.69. The molecule has 150 valence electrons. The van der Waals surface area contributed by atoms with Gasteiger partial charge in [0.25, 0.3) is 0 Å². The van der Waals surface area contributed by atoms with Crippen molar-refractivity contribution in [3.05, 3.63) is 71.9 Å². The van der Waals surface area contributed by atoms with Crippen LogP contribution in [0.3, 0.4) is 0 Å². The highest BCUT2D eigenvalue weighted by atomic mass is 32.2. The Balaban J connectivity index is 1.46. The number of carbonyl (C=O) groups excluding carboxylic acids is 1. The van der Waals surface area contributed by atoms with E-state index in [9.17, 15) is 13.2 Å². The summed E-state index contributed by atoms with van der Waals surface area (Å²) >= 11 is 0. The van der Waals surface area contributed by atoms with Crippen LogP contribution in [0.5, 0.6) is 0 Å². The van der Waals surface area contributed by atoms with Gasteiger partial charge in [-0.1, -0.05) is 36.4 Å². The molecule has 0 aliphatic carbocycles. The molecule has 0 amide bonds. The average Bonchev–Trinajstić information content (AvgIpc) is 2.74. The first-order valence-corrected chi connectivity index (χ1v) is 11.1. The van der Waals surface area contributed by atoms with Crippen molar-refractivity contribution in [1.82, 2.24) is 14.2 Å². The van der Waals surface area contributed by atoms with Crippen LogP contribution in [-0.4, -0.2) is 54.6 Å². The SMILES string of the molecule is CC(=O)c1cccc(S(=O)(=O)N2CCN(Cc3cccc4cccnc34)CC2)c1. The Kier molecular flexibility index (Phi) is 5.45. The number of rotatable bonds is 5. The monoisotopic (exact) mass is 409 g/mol. The quantitative estimate of drug-likeness (QED) is 0.606. The van der Waals surface area contributed by atoms with E-state index in [4.69, 9.17) is 0 Å². The van der Waals surface area contributed by atoms with Crippen molar-refractivity contribution in [2.24, 2.45) is 0 Å². The highest BCUT2D eigenvalue weighted by Crippen LogP contribution is 2.22. The van der Waals surface area contributed by atoms with Crippen LogP contribution in [0.2, 0.25) is 0 Å². The fraction of sp³-hybridized carbons (Fsp3) is 0.273. The lowest BCUT2D eigenvalue weighted by molar-refractivity contribution is 0.101. The number of pyridine rings is 1. The van der Waals surface area contributed by atoms with E-state index >= 15 is 0 Å². The maximum atomic E-state index is 13.0. The molecular formula is C22H23N3O3S. The molecule has 0 bridgehead atoms. The summed E-state index contributed by atoms with van der Waals surface area (Å²) in [6.45, 7) is 4.31. The van der Waals surface area contributed by atoms with Crippen molar-refractivity contribution in [2.45, 2.75) is 18.4 Å². The second-order valence-electron chi connectivity index (χ2n) is 7.26. The Morgan fingerprint density at radius 1 is 1.00 bits per heavy atom. The number of carbonyl (C=O) groups is 1. The number of hydrogen-bond donors (Lipinski definition) is 0. The summed E-state index contributed by atoms with van der Waals surface area (Å²) in [7, 11) is -3.61. The summed E-state index contributed by atoms with van der Waals surface area (Å²) in [5.74, 6) is -0.143. The minimum absolute atomic E-state index is 0.143. The zero-order chi connectivity index (χ0) is 20.4. The average molecular weight is 410 g/mol. The highest BCUT2D eigenvalue weighted by molar-refractivity contribution is 7.89. The first kappa shape index (κ1) is 19.7. The smallest absolute Gasteiger partial charge is 0.243 e. The molecule has 7 heteroatoms. The van der Waals surface area contributed by atoms with Crippen LogP contribution in [0.25, 0.3) is 10.9 Å². The predicted octanol–water partition coefficient (Wildman–Crippen LogP) is 2.94. The van der Waals surface area contributed by atoms with Crippen molar-refractivity contribution in [3.8, 4) is 0 Å². The van der Waals surface area contributed by atoms with Gasteiger partial charge < -0.3 is 0 Å². The summed E-state index contributed by atoms with van der Waals surface area (Å²) in [6.07, 6.45) is 1.80. The molecule has 29 heavy (non-hydrogen) atoms. The van der Waals surface area contributed by atoms with Gasteiger partial charge in [0.1, 0.15) is 0 Å². The summed E-state index contributed by atoms with van der Waals surface area (Å²) < 4.78 is 27.5. The van der Waals surface area contributed by atoms with E-state index in [1.54, 1.807) is 24.4 Å². The van der Waals surface area contributed by atoms with Gasteiger partial charge in [0.15, 0.2) is 5.78 Å². The maximum Gasteiger partial charge on any atom is 0.243 e. The van der Waals surface area contributed by atoms with Crippen LogP contribution in [0.1, 0.15) is 22.8 Å². The first-order chi connectivity index (χ1) is 13.9. The molecule has 3 aromatic rings. The molecule has 0 atom stereocenters. The molecule has 0 N–H and O–H groups in total. The number of ketones is 1. The largest absolute Gasteiger partial charge is 0.296 e. The molecule has 0 spiro atoms. The van der Waals surface area contributed by atoms with Crippen LogP contribution in [0.15, 0.2) is 65.7 Å². The summed E-state index contributed by atoms with van der Waals surface area (Å²) in [5, 5.41) is 1.11. The fourth-order valence-corrected chi connectivity index (χ4v) is 5.16. The van der Waals surface area contributed by atoms with Crippen molar-refractivity contribution in [1.29, 1.82) is 0 Å². The lowest BCUT2D eigenvalue weighted by atomic mass is 10.1. The third-order valence-corrected chi connectivity index (χ3v) is 7.21. The number of sulfonamides is 1. The van der Waals surface area contributed by atoms with Crippen molar-refractivity contribution in [2.75, 3.05) is 26.2 Å². The van der Waals surface area contributed by atoms with Crippen LogP contribution < -0.4 is 0 Å². The van der Waals surface area contributed by atoms with Crippen molar-refractivity contribution < 1.29 is 13.2 Å². The van der Waals surface area contributed by atoms with Gasteiger partial charge in [0.05, 0.1) is 10.4 Å². The number of aromatic nitrogens is 1. The predicted molar refractivity (Wildman–Crippen MR) is 112 cm³/mol. The number of Topliss-reactive ketones (excluding diaryl/α,β-unsaturated/α-hetero) is 1. The van der Waals surface area contributed by atoms with Crippen molar-refractivity contribution >= 4 is 26.7 Å². The molecule has 1 saturated heterocycles. The van der Waals surface area contributed by atoms with E-state index in [1.165, 1.54) is 17.3 Å². The van der Waals surface area contributed by atoms with Crippen LogP contribution in [0.4, 0.5) is 0 Å². The lowest BCUT2D eigenvalue weighted by Crippen LogP contribution is -2.48. The number of nitrogens with zero attached hydrogens (tertiary/aromatic N) is 3. The molecule has 2 aromatic carbocycles. The van der Waals surface area contributed by atoms with Crippen LogP contribution in [0, 0.1) is 0 Å². The zero-order valence-electron chi connectivity index (χ0n) is 16.3. The van der Waals surface area contributed by atoms with Gasteiger partial charge in [0, 0.05) is 49.9 Å². The Morgan fingerprint density at radius 2 is 1.72 bits per heavy atom. The Labute approximate surface area is 170 Å². The molecule has 2 heterocycles. The van der Waals surface area contributed by atoms with Gasteiger partial charge in [-0.3, -0.25) is 14.7 Å². The number of piperazine rings is 1. The minimum atomic E-state index is -3.61. The molecule has 1 aliphatic rings. The van der Waals surface area contributed by atoms with Gasteiger partial charge in [-0.15, -0.1) is 0 Å². The van der Waals surface area contributed by atoms with Gasteiger partial charge in [-0.25, -0.2) is 8.42 Å². The minimum Gasteiger partial charge on any atom is -0.296 e. The van der Waals surface area contributed by atoms with E-state index < -0.39 is 10.0 Å². The molecule has 1 aliphatic heterocycles. The van der Waals surface area contributed by atoms with Gasteiger partial charge in [-0.05, 0) is 30.7 Å². The second kappa shape index (κ2) is 8.02. The highest BCUT2D eigenvalue weighted by Gasteiger charge is 2.29. The van der Waals surface area contributed by atoms with E-state index in [0.29, 0.717) is 31.7 Å². The molecule has 4 rings (SSSR count). The normalized spacial score (nSPS) is 16.2. The molecular weight excluding hydrogens is 386 g/mol. The van der Waals surface area contributed by atoms with Gasteiger partial charge >= 0.3 is 0 Å². The second-order valence-corrected chi connectivity index (χ2v) is 9.19. The molecule has 1 aromatic heterocycles. The maximum absolute atomic E-state index is 13.0. The summed E-state index contributed by atoms with van der Waals surface area (Å²) in [5.41, 5.74) is 2.55. The zero-order valence-corrected chi connectivity index (χ0v) is 17.1. The number of hydrogen-bond acceptors (Lipinski definition) is 5. The molecule has 0 radical (unpaired) electrons. The van der Waals surface area contributed by atoms with E-state index in [0.717, 1.165) is 23.0 Å². The third-order valence-electron chi connectivity index (χ3n) is 5.32. The topological polar surface area (TPSA) is 70.6 Å². The first-order valence-electron chi connectivity index (χ1n) is 9.61. The third kappa shape index (κ3) is 4.07. The Bertz CT molecular complexity index is 1150. The van der Waals surface area contributed by atoms with Crippen LogP contribution in [-0.2, 0) is 16.6 Å². The molecule has 0 saturated carbocycles. The van der Waals surface area contributed by atoms with Gasteiger partial charge in [0.2, 0.25) is 10.0 Å². The number of para-hydroxylation sites is 1. The Hall–Kier alpha value is -2.61. The lowest BCUT2D eigenvalue weighted by Gasteiger charge is -2.34.